The Balaban J connectivity index is 2.39. The van der Waals surface area contributed by atoms with Gasteiger partial charge >= 0.3 is 11.7 Å². The molecule has 1 aromatic heterocycles. The number of hydrogen-bond donors (Lipinski definition) is 2. The zero-order chi connectivity index (χ0) is 14.7. The highest BCUT2D eigenvalue weighted by Gasteiger charge is 2.24. The Bertz CT molecular complexity index is 638. The second-order valence-electron chi connectivity index (χ2n) is 4.15. The lowest BCUT2D eigenvalue weighted by molar-refractivity contribution is -0.385. The van der Waals surface area contributed by atoms with Crippen LogP contribution in [0, 0.1) is 10.1 Å². The van der Waals surface area contributed by atoms with Crippen molar-refractivity contribution in [2.45, 2.75) is 12.5 Å². The van der Waals surface area contributed by atoms with Crippen LogP contribution >= 0.6 is 0 Å². The molecule has 0 aliphatic carbocycles. The molecule has 3 N–H and O–H groups in total. The summed E-state index contributed by atoms with van der Waals surface area (Å²) in [6.45, 7) is 0. The summed E-state index contributed by atoms with van der Waals surface area (Å²) in [5.41, 5.74) is 5.84. The molecule has 0 spiro atoms. The molecule has 0 saturated carbocycles. The first-order valence-corrected chi connectivity index (χ1v) is 5.76. The summed E-state index contributed by atoms with van der Waals surface area (Å²) in [4.78, 5) is 21.1. The van der Waals surface area contributed by atoms with Crippen molar-refractivity contribution < 1.29 is 14.8 Å². The van der Waals surface area contributed by atoms with E-state index in [1.54, 1.807) is 24.3 Å². The number of carboxylic acids is 1. The van der Waals surface area contributed by atoms with E-state index in [2.05, 4.69) is 5.10 Å². The van der Waals surface area contributed by atoms with E-state index < -0.39 is 16.9 Å². The number of carboxylic acid groups (broad SMARTS) is 1. The highest BCUT2D eigenvalue weighted by atomic mass is 16.6. The van der Waals surface area contributed by atoms with Gasteiger partial charge in [-0.3, -0.25) is 14.9 Å². The molecule has 0 fully saturated rings. The normalized spacial score (nSPS) is 12.1. The van der Waals surface area contributed by atoms with Crippen molar-refractivity contribution in [2.24, 2.45) is 5.73 Å². The third-order valence-electron chi connectivity index (χ3n) is 2.72. The van der Waals surface area contributed by atoms with Gasteiger partial charge in [0.1, 0.15) is 17.9 Å². The number of nitrogens with two attached hydrogens (primary N) is 1. The molecule has 20 heavy (non-hydrogen) atoms. The van der Waals surface area contributed by atoms with Gasteiger partial charge in [0.15, 0.2) is 0 Å². The van der Waals surface area contributed by atoms with Crippen LogP contribution in [-0.4, -0.2) is 31.8 Å². The van der Waals surface area contributed by atoms with Crippen LogP contribution < -0.4 is 5.73 Å². The molecule has 2 aromatic rings. The van der Waals surface area contributed by atoms with Crippen molar-refractivity contribution in [1.82, 2.24) is 9.78 Å². The molecule has 8 nitrogen and oxygen atoms in total. The van der Waals surface area contributed by atoms with Crippen molar-refractivity contribution in [1.29, 1.82) is 0 Å². The van der Waals surface area contributed by atoms with E-state index in [4.69, 9.17) is 10.8 Å². The third-order valence-corrected chi connectivity index (χ3v) is 2.72. The number of carbonyl (C=O) groups is 1. The smallest absolute Gasteiger partial charge is 0.320 e. The lowest BCUT2D eigenvalue weighted by atomic mass is 10.1. The molecule has 1 aromatic carbocycles. The van der Waals surface area contributed by atoms with Crippen molar-refractivity contribution in [3.05, 3.63) is 52.3 Å². The molecule has 104 valence electrons. The minimum absolute atomic E-state index is 0.0498. The number of rotatable bonds is 5. The Morgan fingerprint density at radius 2 is 2.10 bits per heavy atom. The predicted molar refractivity (Wildman–Crippen MR) is 69.5 cm³/mol. The van der Waals surface area contributed by atoms with Crippen LogP contribution in [0.15, 0.2) is 36.5 Å². The standard InChI is InChI=1S/C12H12N4O4/c13-9(12(17)18)6-10-11(16(19)20)7-15(14-10)8-4-2-1-3-5-8/h1-5,7,9H,6,13H2,(H,17,18)/t9-/m0/s1. The summed E-state index contributed by atoms with van der Waals surface area (Å²) in [5, 5.41) is 23.8. The zero-order valence-electron chi connectivity index (χ0n) is 10.3. The van der Waals surface area contributed by atoms with E-state index in [9.17, 15) is 14.9 Å². The number of aliphatic carboxylic acids is 1. The molecule has 1 atom stereocenters. The van der Waals surface area contributed by atoms with E-state index in [1.807, 2.05) is 6.07 Å². The number of nitrogens with zero attached hydrogens (tertiary/aromatic N) is 3. The van der Waals surface area contributed by atoms with Crippen LogP contribution in [0.5, 0.6) is 0 Å². The third kappa shape index (κ3) is 2.81. The lowest BCUT2D eigenvalue weighted by Crippen LogP contribution is -2.32. The van der Waals surface area contributed by atoms with Crippen LogP contribution in [0.1, 0.15) is 5.69 Å². The van der Waals surface area contributed by atoms with E-state index in [0.29, 0.717) is 5.69 Å². The molecular weight excluding hydrogens is 264 g/mol. The van der Waals surface area contributed by atoms with Gasteiger partial charge in [-0.05, 0) is 12.1 Å². The monoisotopic (exact) mass is 276 g/mol. The Labute approximate surface area is 113 Å². The van der Waals surface area contributed by atoms with Crippen LogP contribution in [-0.2, 0) is 11.2 Å². The van der Waals surface area contributed by atoms with Crippen LogP contribution in [0.4, 0.5) is 5.69 Å². The summed E-state index contributed by atoms with van der Waals surface area (Å²) in [6, 6.07) is 7.59. The fourth-order valence-electron chi connectivity index (χ4n) is 1.71. The maximum Gasteiger partial charge on any atom is 0.320 e. The minimum atomic E-state index is -1.23. The summed E-state index contributed by atoms with van der Waals surface area (Å²) < 4.78 is 1.34. The van der Waals surface area contributed by atoms with Gasteiger partial charge in [0.05, 0.1) is 10.6 Å². The largest absolute Gasteiger partial charge is 0.480 e. The Morgan fingerprint density at radius 3 is 2.65 bits per heavy atom. The highest BCUT2D eigenvalue weighted by molar-refractivity contribution is 5.73. The van der Waals surface area contributed by atoms with E-state index in [1.165, 1.54) is 10.9 Å². The number of para-hydroxylation sites is 1. The average Bonchev–Trinajstić information content (AvgIpc) is 2.83. The molecule has 0 aliphatic heterocycles. The summed E-state index contributed by atoms with van der Waals surface area (Å²) >= 11 is 0. The van der Waals surface area contributed by atoms with E-state index >= 15 is 0 Å². The molecular formula is C12H12N4O4. The van der Waals surface area contributed by atoms with Crippen molar-refractivity contribution in [3.63, 3.8) is 0 Å². The second kappa shape index (κ2) is 5.49. The van der Waals surface area contributed by atoms with Gasteiger partial charge in [-0.1, -0.05) is 18.2 Å². The van der Waals surface area contributed by atoms with Crippen LogP contribution in [0.3, 0.4) is 0 Å². The van der Waals surface area contributed by atoms with Gasteiger partial charge in [0.2, 0.25) is 0 Å². The zero-order valence-corrected chi connectivity index (χ0v) is 10.3. The van der Waals surface area contributed by atoms with E-state index in [-0.39, 0.29) is 17.8 Å². The molecule has 0 bridgehead atoms. The second-order valence-corrected chi connectivity index (χ2v) is 4.15. The fourth-order valence-corrected chi connectivity index (χ4v) is 1.71. The maximum atomic E-state index is 11.0. The van der Waals surface area contributed by atoms with Crippen molar-refractivity contribution >= 4 is 11.7 Å². The molecule has 0 saturated heterocycles. The van der Waals surface area contributed by atoms with Crippen molar-refractivity contribution in [3.8, 4) is 5.69 Å². The summed E-state index contributed by atoms with van der Waals surface area (Å²) in [5.74, 6) is -1.23. The highest BCUT2D eigenvalue weighted by Crippen LogP contribution is 2.20. The van der Waals surface area contributed by atoms with Gasteiger partial charge in [-0.15, -0.1) is 0 Å². The molecule has 0 unspecified atom stereocenters. The van der Waals surface area contributed by atoms with Gasteiger partial charge in [0.25, 0.3) is 0 Å². The molecule has 0 aliphatic rings. The Kier molecular flexibility index (Phi) is 3.76. The van der Waals surface area contributed by atoms with Crippen LogP contribution in [0.2, 0.25) is 0 Å². The minimum Gasteiger partial charge on any atom is -0.480 e. The summed E-state index contributed by atoms with van der Waals surface area (Å²) in [6.07, 6.45) is 1.05. The first kappa shape index (κ1) is 13.7. The number of hydrogen-bond acceptors (Lipinski definition) is 5. The van der Waals surface area contributed by atoms with Gasteiger partial charge < -0.3 is 10.8 Å². The molecule has 1 heterocycles. The van der Waals surface area contributed by atoms with Crippen LogP contribution in [0.25, 0.3) is 5.69 Å². The fraction of sp³-hybridized carbons (Fsp3) is 0.167. The van der Waals surface area contributed by atoms with Gasteiger partial charge in [0, 0.05) is 6.42 Å². The average molecular weight is 276 g/mol. The molecule has 8 heteroatoms. The van der Waals surface area contributed by atoms with Crippen molar-refractivity contribution in [2.75, 3.05) is 0 Å². The Hall–Kier alpha value is -2.74. The first-order valence-electron chi connectivity index (χ1n) is 5.76. The number of benzene rings is 1. The quantitative estimate of drug-likeness (QED) is 0.612. The molecule has 0 amide bonds. The van der Waals surface area contributed by atoms with Gasteiger partial charge in [-0.2, -0.15) is 5.10 Å². The topological polar surface area (TPSA) is 124 Å². The molecule has 0 radical (unpaired) electrons. The SMILES string of the molecule is N[C@@H](Cc1nn(-c2ccccc2)cc1[N+](=O)[O-])C(=O)O. The summed E-state index contributed by atoms with van der Waals surface area (Å²) in [7, 11) is 0. The van der Waals surface area contributed by atoms with Gasteiger partial charge in [-0.25, -0.2) is 4.68 Å². The maximum absolute atomic E-state index is 11.0. The first-order chi connectivity index (χ1) is 9.49. The number of aromatic nitrogens is 2. The number of nitro groups is 1. The lowest BCUT2D eigenvalue weighted by Gasteiger charge is -2.03. The predicted octanol–water partition coefficient (Wildman–Crippen LogP) is 0.735. The Morgan fingerprint density at radius 1 is 1.45 bits per heavy atom. The molecule has 2 rings (SSSR count). The van der Waals surface area contributed by atoms with E-state index in [0.717, 1.165) is 0 Å².